The molecular formula is C10H17N5O3. The van der Waals surface area contributed by atoms with E-state index in [0.29, 0.717) is 12.8 Å². The lowest BCUT2D eigenvalue weighted by Crippen LogP contribution is -2.55. The lowest BCUT2D eigenvalue weighted by Gasteiger charge is -2.27. The fourth-order valence-electron chi connectivity index (χ4n) is 1.54. The fourth-order valence-corrected chi connectivity index (χ4v) is 1.54. The average Bonchev–Trinajstić information content (AvgIpc) is 2.71. The van der Waals surface area contributed by atoms with E-state index in [2.05, 4.69) is 20.7 Å². The number of anilines is 1. The molecule has 1 aromatic heterocycles. The van der Waals surface area contributed by atoms with Crippen molar-refractivity contribution in [2.45, 2.75) is 32.2 Å². The van der Waals surface area contributed by atoms with E-state index in [-0.39, 0.29) is 5.95 Å². The van der Waals surface area contributed by atoms with Crippen LogP contribution in [-0.4, -0.2) is 37.4 Å². The third-order valence-electron chi connectivity index (χ3n) is 2.91. The summed E-state index contributed by atoms with van der Waals surface area (Å²) >= 11 is 0. The number of amides is 2. The molecule has 0 bridgehead atoms. The Kier molecular flexibility index (Phi) is 4.24. The number of rotatable bonds is 5. The topological polar surface area (TPSA) is 109 Å². The number of carbonyl (C=O) groups excluding carboxylic acids is 1. The van der Waals surface area contributed by atoms with Crippen molar-refractivity contribution in [3.63, 3.8) is 0 Å². The summed E-state index contributed by atoms with van der Waals surface area (Å²) in [4.78, 5) is 26.8. The van der Waals surface area contributed by atoms with Crippen LogP contribution in [0.1, 0.15) is 26.7 Å². The lowest BCUT2D eigenvalue weighted by molar-refractivity contribution is -0.144. The highest BCUT2D eigenvalue weighted by Crippen LogP contribution is 2.15. The van der Waals surface area contributed by atoms with E-state index >= 15 is 0 Å². The van der Waals surface area contributed by atoms with Crippen molar-refractivity contribution in [2.24, 2.45) is 7.05 Å². The standard InChI is InChI=1S/C10H17N5O3/c1-4-10(5-2,7(16)17)14-9(18)13-8-11-6-12-15(8)3/h6H,4-5H2,1-3H3,(H,16,17)(H2,11,12,13,14,18). The molecule has 1 heterocycles. The van der Waals surface area contributed by atoms with Crippen LogP contribution in [-0.2, 0) is 11.8 Å². The van der Waals surface area contributed by atoms with Crippen molar-refractivity contribution in [3.05, 3.63) is 6.33 Å². The maximum atomic E-state index is 11.7. The molecule has 0 fully saturated rings. The van der Waals surface area contributed by atoms with Gasteiger partial charge in [-0.25, -0.2) is 14.3 Å². The van der Waals surface area contributed by atoms with Gasteiger partial charge in [0.15, 0.2) is 0 Å². The second-order valence-electron chi connectivity index (χ2n) is 3.88. The highest BCUT2D eigenvalue weighted by atomic mass is 16.4. The Morgan fingerprint density at radius 3 is 2.44 bits per heavy atom. The number of aryl methyl sites for hydroxylation is 1. The quantitative estimate of drug-likeness (QED) is 0.713. The van der Waals surface area contributed by atoms with Crippen LogP contribution in [0.25, 0.3) is 0 Å². The molecule has 0 atom stereocenters. The second kappa shape index (κ2) is 5.48. The van der Waals surface area contributed by atoms with Gasteiger partial charge in [-0.1, -0.05) is 13.8 Å². The summed E-state index contributed by atoms with van der Waals surface area (Å²) in [6.45, 7) is 3.42. The molecule has 0 radical (unpaired) electrons. The zero-order valence-corrected chi connectivity index (χ0v) is 10.6. The minimum Gasteiger partial charge on any atom is -0.480 e. The molecule has 18 heavy (non-hydrogen) atoms. The van der Waals surface area contributed by atoms with Crippen molar-refractivity contribution in [1.82, 2.24) is 20.1 Å². The van der Waals surface area contributed by atoms with E-state index in [0.717, 1.165) is 0 Å². The normalized spacial score (nSPS) is 11.1. The van der Waals surface area contributed by atoms with E-state index < -0.39 is 17.5 Å². The van der Waals surface area contributed by atoms with E-state index in [1.165, 1.54) is 11.0 Å². The number of hydrogen-bond donors (Lipinski definition) is 3. The summed E-state index contributed by atoms with van der Waals surface area (Å²) < 4.78 is 1.37. The number of aromatic nitrogens is 3. The molecule has 2 amide bonds. The fraction of sp³-hybridized carbons (Fsp3) is 0.600. The minimum absolute atomic E-state index is 0.249. The second-order valence-corrected chi connectivity index (χ2v) is 3.88. The van der Waals surface area contributed by atoms with Crippen LogP contribution < -0.4 is 10.6 Å². The number of urea groups is 1. The van der Waals surface area contributed by atoms with Gasteiger partial charge >= 0.3 is 12.0 Å². The lowest BCUT2D eigenvalue weighted by atomic mass is 9.93. The van der Waals surface area contributed by atoms with Gasteiger partial charge in [0.2, 0.25) is 5.95 Å². The van der Waals surface area contributed by atoms with Gasteiger partial charge in [-0.05, 0) is 12.8 Å². The zero-order chi connectivity index (χ0) is 13.8. The Labute approximate surface area is 104 Å². The molecule has 100 valence electrons. The van der Waals surface area contributed by atoms with Gasteiger partial charge in [0, 0.05) is 7.05 Å². The van der Waals surface area contributed by atoms with Crippen LogP contribution in [0.5, 0.6) is 0 Å². The van der Waals surface area contributed by atoms with Gasteiger partial charge in [0.25, 0.3) is 0 Å². The maximum absolute atomic E-state index is 11.7. The zero-order valence-electron chi connectivity index (χ0n) is 10.6. The van der Waals surface area contributed by atoms with Gasteiger partial charge in [-0.15, -0.1) is 0 Å². The number of nitrogens with zero attached hydrogens (tertiary/aromatic N) is 3. The van der Waals surface area contributed by atoms with Gasteiger partial charge in [0.05, 0.1) is 0 Å². The van der Waals surface area contributed by atoms with Crippen LogP contribution in [0.4, 0.5) is 10.7 Å². The first-order valence-electron chi connectivity index (χ1n) is 5.61. The molecule has 3 N–H and O–H groups in total. The summed E-state index contributed by atoms with van der Waals surface area (Å²) in [5.74, 6) is -0.806. The molecule has 0 unspecified atom stereocenters. The predicted molar refractivity (Wildman–Crippen MR) is 64.1 cm³/mol. The van der Waals surface area contributed by atoms with Crippen LogP contribution in [0.2, 0.25) is 0 Å². The summed E-state index contributed by atoms with van der Waals surface area (Å²) in [5.41, 5.74) is -1.26. The number of carboxylic acids is 1. The summed E-state index contributed by atoms with van der Waals surface area (Å²) in [7, 11) is 1.62. The van der Waals surface area contributed by atoms with Gasteiger partial charge < -0.3 is 10.4 Å². The van der Waals surface area contributed by atoms with Crippen LogP contribution in [0.3, 0.4) is 0 Å². The molecule has 0 saturated heterocycles. The van der Waals surface area contributed by atoms with Crippen molar-refractivity contribution < 1.29 is 14.7 Å². The van der Waals surface area contributed by atoms with Crippen molar-refractivity contribution in [2.75, 3.05) is 5.32 Å². The smallest absolute Gasteiger partial charge is 0.329 e. The number of carbonyl (C=O) groups is 2. The first kappa shape index (κ1) is 13.9. The summed E-state index contributed by atoms with van der Waals surface area (Å²) in [6.07, 6.45) is 1.88. The van der Waals surface area contributed by atoms with E-state index in [9.17, 15) is 14.7 Å². The van der Waals surface area contributed by atoms with Gasteiger partial charge in [-0.3, -0.25) is 5.32 Å². The van der Waals surface area contributed by atoms with Crippen LogP contribution >= 0.6 is 0 Å². The SMILES string of the molecule is CCC(CC)(NC(=O)Nc1ncnn1C)C(=O)O. The third-order valence-corrected chi connectivity index (χ3v) is 2.91. The molecule has 0 aliphatic heterocycles. The monoisotopic (exact) mass is 255 g/mol. The van der Waals surface area contributed by atoms with Gasteiger partial charge in [0.1, 0.15) is 11.9 Å². The molecule has 0 saturated carbocycles. The minimum atomic E-state index is -1.26. The van der Waals surface area contributed by atoms with E-state index in [1.807, 2.05) is 0 Å². The van der Waals surface area contributed by atoms with Crippen LogP contribution in [0, 0.1) is 0 Å². The highest BCUT2D eigenvalue weighted by Gasteiger charge is 2.36. The maximum Gasteiger partial charge on any atom is 0.329 e. The third kappa shape index (κ3) is 2.76. The predicted octanol–water partition coefficient (Wildman–Crippen LogP) is 0.580. The highest BCUT2D eigenvalue weighted by molar-refractivity contribution is 5.92. The molecule has 0 aliphatic rings. The molecule has 8 heteroatoms. The molecule has 8 nitrogen and oxygen atoms in total. The Balaban J connectivity index is 2.74. The number of hydrogen-bond acceptors (Lipinski definition) is 4. The average molecular weight is 255 g/mol. The van der Waals surface area contributed by atoms with E-state index in [4.69, 9.17) is 0 Å². The Bertz CT molecular complexity index is 438. The molecule has 1 aromatic rings. The molecular weight excluding hydrogens is 238 g/mol. The molecule has 0 aromatic carbocycles. The number of nitrogens with one attached hydrogen (secondary N) is 2. The number of carboxylic acid groups (broad SMARTS) is 1. The largest absolute Gasteiger partial charge is 0.480 e. The van der Waals surface area contributed by atoms with Crippen LogP contribution in [0.15, 0.2) is 6.33 Å². The molecule has 1 rings (SSSR count). The Morgan fingerprint density at radius 1 is 1.44 bits per heavy atom. The Hall–Kier alpha value is -2.12. The van der Waals surface area contributed by atoms with Crippen molar-refractivity contribution >= 4 is 17.9 Å². The summed E-state index contributed by atoms with van der Waals surface area (Å²) in [5, 5.41) is 17.9. The molecule has 0 spiro atoms. The van der Waals surface area contributed by atoms with E-state index in [1.54, 1.807) is 20.9 Å². The molecule has 0 aliphatic carbocycles. The first-order chi connectivity index (χ1) is 8.45. The van der Waals surface area contributed by atoms with Crippen molar-refractivity contribution in [1.29, 1.82) is 0 Å². The first-order valence-corrected chi connectivity index (χ1v) is 5.61. The Morgan fingerprint density at radius 2 is 2.06 bits per heavy atom. The van der Waals surface area contributed by atoms with Crippen molar-refractivity contribution in [3.8, 4) is 0 Å². The number of aliphatic carboxylic acids is 1. The summed E-state index contributed by atoms with van der Waals surface area (Å²) in [6, 6.07) is -0.614. The van der Waals surface area contributed by atoms with Gasteiger partial charge in [-0.2, -0.15) is 10.1 Å².